The first-order chi connectivity index (χ1) is 8.18. The molecule has 2 rings (SSSR count). The van der Waals surface area contributed by atoms with E-state index in [0.717, 1.165) is 27.9 Å². The molecule has 5 heteroatoms. The van der Waals surface area contributed by atoms with E-state index in [1.54, 1.807) is 11.3 Å². The molecule has 1 heterocycles. The number of halogens is 1. The number of thiazole rings is 1. The van der Waals surface area contributed by atoms with Crippen LogP contribution in [-0.4, -0.2) is 19.1 Å². The molecule has 0 saturated carbocycles. The molecule has 0 fully saturated rings. The van der Waals surface area contributed by atoms with Crippen LogP contribution in [-0.2, 0) is 6.54 Å². The Labute approximate surface area is 110 Å². The second-order valence-electron chi connectivity index (χ2n) is 3.81. The lowest BCUT2D eigenvalue weighted by Gasteiger charge is -2.19. The molecular weight excluding hydrogens is 254 g/mol. The number of nitrogens with zero attached hydrogens (tertiary/aromatic N) is 2. The summed E-state index contributed by atoms with van der Waals surface area (Å²) < 4.78 is 0. The molecule has 1 aromatic carbocycles. The van der Waals surface area contributed by atoms with E-state index in [4.69, 9.17) is 11.6 Å². The van der Waals surface area contributed by atoms with E-state index in [9.17, 15) is 0 Å². The van der Waals surface area contributed by atoms with Gasteiger partial charge in [-0.25, -0.2) is 4.98 Å². The first kappa shape index (κ1) is 12.2. The molecule has 0 saturated heterocycles. The quantitative estimate of drug-likeness (QED) is 0.919. The summed E-state index contributed by atoms with van der Waals surface area (Å²) in [6.45, 7) is 0.721. The van der Waals surface area contributed by atoms with Gasteiger partial charge in [-0.2, -0.15) is 0 Å². The van der Waals surface area contributed by atoms with E-state index in [1.165, 1.54) is 0 Å². The van der Waals surface area contributed by atoms with Crippen LogP contribution in [0, 0.1) is 0 Å². The van der Waals surface area contributed by atoms with E-state index in [1.807, 2.05) is 48.8 Å². The molecule has 0 bridgehead atoms. The third-order valence-electron chi connectivity index (χ3n) is 2.35. The molecular formula is C12H14ClN3S. The summed E-state index contributed by atoms with van der Waals surface area (Å²) in [6, 6.07) is 5.86. The highest BCUT2D eigenvalue weighted by Gasteiger charge is 2.08. The predicted octanol–water partition coefficient (Wildman–Crippen LogP) is 3.47. The first-order valence-electron chi connectivity index (χ1n) is 5.26. The van der Waals surface area contributed by atoms with Gasteiger partial charge in [0.1, 0.15) is 5.01 Å². The minimum absolute atomic E-state index is 0.721. The number of para-hydroxylation sites is 1. The van der Waals surface area contributed by atoms with Crippen molar-refractivity contribution in [3.8, 4) is 0 Å². The molecule has 0 radical (unpaired) electrons. The van der Waals surface area contributed by atoms with E-state index >= 15 is 0 Å². The van der Waals surface area contributed by atoms with Gasteiger partial charge in [0.05, 0.1) is 22.9 Å². The SMILES string of the molecule is CN(C)c1c(Cl)cccc1NCc1nccs1. The van der Waals surface area contributed by atoms with Gasteiger partial charge < -0.3 is 10.2 Å². The fourth-order valence-corrected chi connectivity index (χ4v) is 2.52. The zero-order chi connectivity index (χ0) is 12.3. The molecule has 90 valence electrons. The van der Waals surface area contributed by atoms with E-state index in [-0.39, 0.29) is 0 Å². The van der Waals surface area contributed by atoms with Crippen LogP contribution in [0.3, 0.4) is 0 Å². The summed E-state index contributed by atoms with van der Waals surface area (Å²) in [7, 11) is 3.96. The maximum absolute atomic E-state index is 6.19. The Morgan fingerprint density at radius 3 is 2.88 bits per heavy atom. The third kappa shape index (κ3) is 2.90. The fourth-order valence-electron chi connectivity index (χ4n) is 1.62. The Morgan fingerprint density at radius 2 is 2.24 bits per heavy atom. The zero-order valence-corrected chi connectivity index (χ0v) is 11.3. The van der Waals surface area contributed by atoms with Gasteiger partial charge in [-0.1, -0.05) is 17.7 Å². The van der Waals surface area contributed by atoms with Crippen molar-refractivity contribution in [3.63, 3.8) is 0 Å². The van der Waals surface area contributed by atoms with Crippen molar-refractivity contribution in [1.82, 2.24) is 4.98 Å². The molecule has 2 aromatic rings. The van der Waals surface area contributed by atoms with Crippen LogP contribution in [0.15, 0.2) is 29.8 Å². The molecule has 0 aliphatic carbocycles. The summed E-state index contributed by atoms with van der Waals surface area (Å²) in [5.41, 5.74) is 2.03. The summed E-state index contributed by atoms with van der Waals surface area (Å²) in [4.78, 5) is 6.24. The average Bonchev–Trinajstić information content (AvgIpc) is 2.78. The van der Waals surface area contributed by atoms with Gasteiger partial charge in [-0.3, -0.25) is 0 Å². The Kier molecular flexibility index (Phi) is 3.86. The smallest absolute Gasteiger partial charge is 0.112 e. The van der Waals surface area contributed by atoms with E-state index < -0.39 is 0 Å². The zero-order valence-electron chi connectivity index (χ0n) is 9.77. The number of nitrogens with one attached hydrogen (secondary N) is 1. The highest BCUT2D eigenvalue weighted by atomic mass is 35.5. The van der Waals surface area contributed by atoms with Crippen LogP contribution in [0.4, 0.5) is 11.4 Å². The molecule has 0 unspecified atom stereocenters. The molecule has 0 spiro atoms. The monoisotopic (exact) mass is 267 g/mol. The normalized spacial score (nSPS) is 10.3. The lowest BCUT2D eigenvalue weighted by Crippen LogP contribution is -2.12. The number of hydrogen-bond donors (Lipinski definition) is 1. The summed E-state index contributed by atoms with van der Waals surface area (Å²) >= 11 is 7.83. The molecule has 0 amide bonds. The average molecular weight is 268 g/mol. The number of anilines is 2. The van der Waals surface area contributed by atoms with Crippen molar-refractivity contribution in [3.05, 3.63) is 39.8 Å². The van der Waals surface area contributed by atoms with E-state index in [2.05, 4.69) is 10.3 Å². The van der Waals surface area contributed by atoms with Gasteiger partial charge in [-0.05, 0) is 12.1 Å². The lowest BCUT2D eigenvalue weighted by atomic mass is 10.2. The summed E-state index contributed by atoms with van der Waals surface area (Å²) in [6.07, 6.45) is 1.81. The van der Waals surface area contributed by atoms with Crippen LogP contribution in [0.25, 0.3) is 0 Å². The topological polar surface area (TPSA) is 28.2 Å². The third-order valence-corrected chi connectivity index (χ3v) is 3.43. The molecule has 0 aliphatic rings. The van der Waals surface area contributed by atoms with Crippen molar-refractivity contribution < 1.29 is 0 Å². The Balaban J connectivity index is 2.18. The number of benzene rings is 1. The van der Waals surface area contributed by atoms with Gasteiger partial charge >= 0.3 is 0 Å². The Morgan fingerprint density at radius 1 is 1.41 bits per heavy atom. The van der Waals surface area contributed by atoms with Crippen LogP contribution in [0.1, 0.15) is 5.01 Å². The second kappa shape index (κ2) is 5.38. The molecule has 1 aromatic heterocycles. The van der Waals surface area contributed by atoms with Crippen LogP contribution in [0.5, 0.6) is 0 Å². The van der Waals surface area contributed by atoms with Gasteiger partial charge in [0.25, 0.3) is 0 Å². The minimum Gasteiger partial charge on any atom is -0.377 e. The second-order valence-corrected chi connectivity index (χ2v) is 5.20. The highest BCUT2D eigenvalue weighted by molar-refractivity contribution is 7.09. The molecule has 3 nitrogen and oxygen atoms in total. The van der Waals surface area contributed by atoms with Crippen molar-refractivity contribution in [1.29, 1.82) is 0 Å². The lowest BCUT2D eigenvalue weighted by molar-refractivity contribution is 1.08. The maximum Gasteiger partial charge on any atom is 0.112 e. The highest BCUT2D eigenvalue weighted by Crippen LogP contribution is 2.32. The van der Waals surface area contributed by atoms with Crippen molar-refractivity contribution in [2.45, 2.75) is 6.54 Å². The Hall–Kier alpha value is -1.26. The largest absolute Gasteiger partial charge is 0.377 e. The summed E-state index contributed by atoms with van der Waals surface area (Å²) in [5, 5.41) is 7.15. The van der Waals surface area contributed by atoms with Gasteiger partial charge in [-0.15, -0.1) is 11.3 Å². The first-order valence-corrected chi connectivity index (χ1v) is 6.52. The molecule has 0 atom stereocenters. The predicted molar refractivity (Wildman–Crippen MR) is 75.2 cm³/mol. The molecule has 1 N–H and O–H groups in total. The van der Waals surface area contributed by atoms with Crippen LogP contribution < -0.4 is 10.2 Å². The van der Waals surface area contributed by atoms with Crippen molar-refractivity contribution >= 4 is 34.3 Å². The number of aromatic nitrogens is 1. The standard InChI is InChI=1S/C12H14ClN3S/c1-16(2)12-9(13)4-3-5-10(12)15-8-11-14-6-7-17-11/h3-7,15H,8H2,1-2H3. The van der Waals surface area contributed by atoms with Crippen LogP contribution >= 0.6 is 22.9 Å². The van der Waals surface area contributed by atoms with Crippen molar-refractivity contribution in [2.24, 2.45) is 0 Å². The number of hydrogen-bond acceptors (Lipinski definition) is 4. The van der Waals surface area contributed by atoms with Gasteiger partial charge in [0, 0.05) is 25.7 Å². The summed E-state index contributed by atoms with van der Waals surface area (Å²) in [5.74, 6) is 0. The van der Waals surface area contributed by atoms with E-state index in [0.29, 0.717) is 0 Å². The fraction of sp³-hybridized carbons (Fsp3) is 0.250. The number of rotatable bonds is 4. The minimum atomic E-state index is 0.721. The van der Waals surface area contributed by atoms with Crippen molar-refractivity contribution in [2.75, 3.05) is 24.3 Å². The van der Waals surface area contributed by atoms with Gasteiger partial charge in [0.2, 0.25) is 0 Å². The van der Waals surface area contributed by atoms with Crippen LogP contribution in [0.2, 0.25) is 5.02 Å². The maximum atomic E-state index is 6.19. The van der Waals surface area contributed by atoms with Gasteiger partial charge in [0.15, 0.2) is 0 Å². The Bertz CT molecular complexity index is 483. The molecule has 17 heavy (non-hydrogen) atoms. The molecule has 0 aliphatic heterocycles.